The first-order valence-corrected chi connectivity index (χ1v) is 12.6. The minimum atomic E-state index is -2.33. The predicted octanol–water partition coefficient (Wildman–Crippen LogP) is 3.49. The van der Waals surface area contributed by atoms with E-state index in [1.165, 1.54) is 5.56 Å². The molecule has 0 bridgehead atoms. The largest absolute Gasteiger partial charge is 0.494 e. The van der Waals surface area contributed by atoms with Crippen molar-refractivity contribution >= 4 is 25.0 Å². The molecule has 0 spiro atoms. The first kappa shape index (κ1) is 20.9. The van der Waals surface area contributed by atoms with Gasteiger partial charge in [-0.15, -0.1) is 0 Å². The van der Waals surface area contributed by atoms with Crippen LogP contribution in [0.4, 0.5) is 0 Å². The molecule has 29 heavy (non-hydrogen) atoms. The first-order valence-electron chi connectivity index (χ1n) is 10.5. The van der Waals surface area contributed by atoms with E-state index in [1.807, 2.05) is 30.3 Å². The Morgan fingerprint density at radius 3 is 2.00 bits per heavy atom. The van der Waals surface area contributed by atoms with E-state index in [0.717, 1.165) is 42.7 Å². The molecule has 4 rings (SSSR count). The molecule has 0 aliphatic carbocycles. The van der Waals surface area contributed by atoms with Crippen LogP contribution in [0, 0.1) is 0 Å². The van der Waals surface area contributed by atoms with Crippen LogP contribution in [0.15, 0.2) is 54.6 Å². The Kier molecular flexibility index (Phi) is 5.54. The molecule has 2 aromatic carbocycles. The maximum absolute atomic E-state index is 13.6. The summed E-state index contributed by atoms with van der Waals surface area (Å²) in [5.41, 5.74) is 1.60. The third kappa shape index (κ3) is 4.25. The molecule has 0 saturated carbocycles. The maximum Gasteiger partial charge on any atom is 0.494 e. The van der Waals surface area contributed by atoms with Crippen LogP contribution in [-0.4, -0.2) is 48.6 Å². The smallest absolute Gasteiger partial charge is 0.399 e. The van der Waals surface area contributed by atoms with Crippen LogP contribution in [0.5, 0.6) is 0 Å². The summed E-state index contributed by atoms with van der Waals surface area (Å²) in [4.78, 5) is 2.41. The molecule has 2 aliphatic heterocycles. The predicted molar refractivity (Wildman–Crippen MR) is 121 cm³/mol. The summed E-state index contributed by atoms with van der Waals surface area (Å²) < 4.78 is 25.8. The minimum Gasteiger partial charge on any atom is -0.399 e. The van der Waals surface area contributed by atoms with Gasteiger partial charge in [-0.2, -0.15) is 0 Å². The number of rotatable bonds is 4. The standard InChI is InChI=1S/C23H31BNO3P/c1-22(2)23(3,4)28-24(27-22)20-10-12-21(13-11-20)29(26)16-14-25(15-17-29)18-19-8-6-5-7-9-19/h5-13H,14-18H2,1-4H3. The van der Waals surface area contributed by atoms with Crippen LogP contribution in [0.2, 0.25) is 0 Å². The molecule has 154 valence electrons. The van der Waals surface area contributed by atoms with Crippen molar-refractivity contribution < 1.29 is 13.9 Å². The maximum atomic E-state index is 13.6. The highest BCUT2D eigenvalue weighted by Crippen LogP contribution is 2.46. The highest BCUT2D eigenvalue weighted by molar-refractivity contribution is 7.71. The quantitative estimate of drug-likeness (QED) is 0.571. The fraction of sp³-hybridized carbons (Fsp3) is 0.478. The lowest BCUT2D eigenvalue weighted by Crippen LogP contribution is -2.41. The van der Waals surface area contributed by atoms with Gasteiger partial charge in [0, 0.05) is 37.3 Å². The van der Waals surface area contributed by atoms with Crippen molar-refractivity contribution in [3.05, 3.63) is 60.2 Å². The van der Waals surface area contributed by atoms with E-state index in [2.05, 4.69) is 56.9 Å². The summed E-state index contributed by atoms with van der Waals surface area (Å²) in [5, 5.41) is 0.983. The summed E-state index contributed by atoms with van der Waals surface area (Å²) in [6, 6.07) is 18.6. The van der Waals surface area contributed by atoms with Crippen LogP contribution in [-0.2, 0) is 20.4 Å². The second-order valence-electron chi connectivity index (χ2n) is 9.28. The summed E-state index contributed by atoms with van der Waals surface area (Å²) in [7, 11) is -2.71. The SMILES string of the molecule is CC1(C)OB(c2ccc(P3(=O)CCN(Cc4ccccc4)CC3)cc2)OC1(C)C. The van der Waals surface area contributed by atoms with Crippen molar-refractivity contribution in [1.29, 1.82) is 0 Å². The van der Waals surface area contributed by atoms with Crippen LogP contribution < -0.4 is 10.8 Å². The number of nitrogens with zero attached hydrogens (tertiary/aromatic N) is 1. The summed E-state index contributed by atoms with van der Waals surface area (Å²) in [5.74, 6) is 0. The van der Waals surface area contributed by atoms with Crippen LogP contribution in [0.1, 0.15) is 33.3 Å². The summed E-state index contributed by atoms with van der Waals surface area (Å²) in [6.07, 6.45) is 1.49. The van der Waals surface area contributed by atoms with Crippen molar-refractivity contribution in [3.8, 4) is 0 Å². The molecule has 2 fully saturated rings. The number of hydrogen-bond donors (Lipinski definition) is 0. The molecular formula is C23H31BNO3P. The molecule has 6 heteroatoms. The molecular weight excluding hydrogens is 380 g/mol. The molecule has 2 saturated heterocycles. The highest BCUT2D eigenvalue weighted by atomic mass is 31.2. The second-order valence-corrected chi connectivity index (χ2v) is 12.5. The first-order chi connectivity index (χ1) is 13.7. The molecule has 0 radical (unpaired) electrons. The highest BCUT2D eigenvalue weighted by Gasteiger charge is 2.51. The zero-order valence-electron chi connectivity index (χ0n) is 17.9. The van der Waals surface area contributed by atoms with Gasteiger partial charge in [0.15, 0.2) is 0 Å². The van der Waals surface area contributed by atoms with Gasteiger partial charge in [-0.25, -0.2) is 0 Å². The van der Waals surface area contributed by atoms with Crippen LogP contribution in [0.25, 0.3) is 0 Å². The molecule has 4 nitrogen and oxygen atoms in total. The van der Waals surface area contributed by atoms with E-state index in [9.17, 15) is 4.57 Å². The van der Waals surface area contributed by atoms with E-state index < -0.39 is 7.14 Å². The minimum absolute atomic E-state index is 0.353. The van der Waals surface area contributed by atoms with Crippen molar-refractivity contribution in [1.82, 2.24) is 4.90 Å². The number of hydrogen-bond acceptors (Lipinski definition) is 4. The van der Waals surface area contributed by atoms with Gasteiger partial charge < -0.3 is 13.9 Å². The topological polar surface area (TPSA) is 38.8 Å². The van der Waals surface area contributed by atoms with E-state index in [0.29, 0.717) is 0 Å². The molecule has 2 heterocycles. The van der Waals surface area contributed by atoms with Crippen molar-refractivity contribution in [2.75, 3.05) is 25.4 Å². The Morgan fingerprint density at radius 2 is 1.45 bits per heavy atom. The van der Waals surface area contributed by atoms with E-state index in [4.69, 9.17) is 9.31 Å². The fourth-order valence-electron chi connectivity index (χ4n) is 3.97. The summed E-state index contributed by atoms with van der Waals surface area (Å²) in [6.45, 7) is 10.9. The Morgan fingerprint density at radius 1 is 0.897 bits per heavy atom. The molecule has 2 aromatic rings. The Balaban J connectivity index is 1.40. The normalized spacial score (nSPS) is 23.2. The van der Waals surface area contributed by atoms with E-state index in [1.54, 1.807) is 0 Å². The lowest BCUT2D eigenvalue weighted by molar-refractivity contribution is 0.00578. The second kappa shape index (κ2) is 7.70. The Labute approximate surface area is 175 Å². The van der Waals surface area contributed by atoms with Gasteiger partial charge in [-0.05, 0) is 38.7 Å². The van der Waals surface area contributed by atoms with E-state index >= 15 is 0 Å². The molecule has 0 amide bonds. The zero-order chi connectivity index (χ0) is 20.7. The number of benzene rings is 2. The van der Waals surface area contributed by atoms with Gasteiger partial charge in [-0.1, -0.05) is 54.6 Å². The zero-order valence-corrected chi connectivity index (χ0v) is 18.8. The van der Waals surface area contributed by atoms with Crippen molar-refractivity contribution in [2.24, 2.45) is 0 Å². The van der Waals surface area contributed by atoms with Gasteiger partial charge in [0.25, 0.3) is 0 Å². The lowest BCUT2D eigenvalue weighted by Gasteiger charge is -2.32. The Hall–Kier alpha value is -1.39. The monoisotopic (exact) mass is 411 g/mol. The third-order valence-electron chi connectivity index (χ3n) is 6.69. The molecule has 0 N–H and O–H groups in total. The van der Waals surface area contributed by atoms with Crippen LogP contribution >= 0.6 is 7.14 Å². The fourth-order valence-corrected chi connectivity index (χ4v) is 6.61. The lowest BCUT2D eigenvalue weighted by atomic mass is 9.79. The van der Waals surface area contributed by atoms with Gasteiger partial charge in [0.2, 0.25) is 0 Å². The van der Waals surface area contributed by atoms with Gasteiger partial charge >= 0.3 is 7.12 Å². The van der Waals surface area contributed by atoms with Gasteiger partial charge in [0.1, 0.15) is 7.14 Å². The molecule has 2 aliphatic rings. The van der Waals surface area contributed by atoms with Gasteiger partial charge in [0.05, 0.1) is 11.2 Å². The summed E-state index contributed by atoms with van der Waals surface area (Å²) >= 11 is 0. The van der Waals surface area contributed by atoms with E-state index in [-0.39, 0.29) is 18.3 Å². The van der Waals surface area contributed by atoms with Gasteiger partial charge in [-0.3, -0.25) is 4.90 Å². The average Bonchev–Trinajstić information content (AvgIpc) is 2.92. The van der Waals surface area contributed by atoms with Crippen molar-refractivity contribution in [2.45, 2.75) is 45.4 Å². The average molecular weight is 411 g/mol. The molecule has 0 unspecified atom stereocenters. The molecule has 0 atom stereocenters. The third-order valence-corrected chi connectivity index (χ3v) is 9.78. The Bertz CT molecular complexity index is 870. The molecule has 0 aromatic heterocycles. The van der Waals surface area contributed by atoms with Crippen molar-refractivity contribution in [3.63, 3.8) is 0 Å². The van der Waals surface area contributed by atoms with Crippen LogP contribution in [0.3, 0.4) is 0 Å².